The fourth-order valence-corrected chi connectivity index (χ4v) is 3.27. The summed E-state index contributed by atoms with van der Waals surface area (Å²) in [4.78, 5) is 0. The first kappa shape index (κ1) is 18.1. The maximum Gasteiger partial charge on any atom is 0.161 e. The summed E-state index contributed by atoms with van der Waals surface area (Å²) >= 11 is 0. The number of methoxy groups -OCH3 is 2. The Kier molecular flexibility index (Phi) is 4.99. The molecule has 1 heterocycles. The molecule has 0 aromatic heterocycles. The zero-order chi connectivity index (χ0) is 19.5. The van der Waals surface area contributed by atoms with E-state index in [0.29, 0.717) is 24.5 Å². The van der Waals surface area contributed by atoms with Crippen LogP contribution >= 0.6 is 0 Å². The standard InChI is InChI=1S/C21H23N3O4/c1-26-15-6-3-5-14(11-15)22-21-17-9-13-10-19(28-8-4-7-25)18(27-2)12-16(13)20(17)23-24-21/h3,5-6,9-12,22-25H,4,7-8H2,1-2H3. The largest absolute Gasteiger partial charge is 0.497 e. The van der Waals surface area contributed by atoms with Crippen LogP contribution in [0, 0.1) is 0 Å². The minimum absolute atomic E-state index is 0.0963. The number of hydrogen-bond donors (Lipinski definition) is 4. The normalized spacial score (nSPS) is 11.1. The summed E-state index contributed by atoms with van der Waals surface area (Å²) in [6.45, 7) is 0.534. The second-order valence-corrected chi connectivity index (χ2v) is 6.43. The van der Waals surface area contributed by atoms with E-state index in [2.05, 4.69) is 21.6 Å². The van der Waals surface area contributed by atoms with E-state index in [1.165, 1.54) is 0 Å². The zero-order valence-electron chi connectivity index (χ0n) is 15.8. The van der Waals surface area contributed by atoms with Gasteiger partial charge in [-0.05, 0) is 35.7 Å². The first-order valence-electron chi connectivity index (χ1n) is 9.09. The minimum atomic E-state index is 0.0963. The molecule has 7 heteroatoms. The van der Waals surface area contributed by atoms with Gasteiger partial charge in [0.05, 0.1) is 26.5 Å². The number of anilines is 2. The van der Waals surface area contributed by atoms with Crippen molar-refractivity contribution in [2.24, 2.45) is 0 Å². The maximum absolute atomic E-state index is 8.96. The van der Waals surface area contributed by atoms with Gasteiger partial charge >= 0.3 is 0 Å². The van der Waals surface area contributed by atoms with E-state index in [1.807, 2.05) is 36.4 Å². The third kappa shape index (κ3) is 3.32. The summed E-state index contributed by atoms with van der Waals surface area (Å²) in [7, 11) is 3.27. The van der Waals surface area contributed by atoms with Gasteiger partial charge in [-0.25, -0.2) is 0 Å². The van der Waals surface area contributed by atoms with Crippen LogP contribution < -0.4 is 19.5 Å². The molecule has 0 radical (unpaired) electrons. The third-order valence-corrected chi connectivity index (χ3v) is 4.66. The van der Waals surface area contributed by atoms with E-state index < -0.39 is 0 Å². The van der Waals surface area contributed by atoms with Crippen LogP contribution in [0.2, 0.25) is 0 Å². The van der Waals surface area contributed by atoms with Crippen molar-refractivity contribution < 1.29 is 19.3 Å². The lowest BCUT2D eigenvalue weighted by molar-refractivity contribution is 0.228. The van der Waals surface area contributed by atoms with Crippen molar-refractivity contribution >= 4 is 22.3 Å². The van der Waals surface area contributed by atoms with Crippen LogP contribution in [0.1, 0.15) is 6.42 Å². The molecule has 2 aromatic carbocycles. The molecule has 0 saturated carbocycles. The lowest BCUT2D eigenvalue weighted by atomic mass is 10.2. The smallest absolute Gasteiger partial charge is 0.161 e. The molecule has 0 saturated heterocycles. The molecule has 4 rings (SSSR count). The average molecular weight is 381 g/mol. The lowest BCUT2D eigenvalue weighted by Gasteiger charge is -2.10. The van der Waals surface area contributed by atoms with Gasteiger partial charge in [-0.15, -0.1) is 0 Å². The minimum Gasteiger partial charge on any atom is -0.497 e. The predicted molar refractivity (Wildman–Crippen MR) is 109 cm³/mol. The number of nitrogens with one attached hydrogen (secondary N) is 3. The van der Waals surface area contributed by atoms with Crippen molar-refractivity contribution in [3.05, 3.63) is 42.5 Å². The summed E-state index contributed by atoms with van der Waals surface area (Å²) < 4.78 is 16.5. The molecule has 4 N–H and O–H groups in total. The molecule has 2 aromatic rings. The van der Waals surface area contributed by atoms with Crippen molar-refractivity contribution in [2.45, 2.75) is 6.42 Å². The highest BCUT2D eigenvalue weighted by Gasteiger charge is 2.19. The van der Waals surface area contributed by atoms with Gasteiger partial charge < -0.3 is 24.6 Å². The van der Waals surface area contributed by atoms with Gasteiger partial charge in [-0.3, -0.25) is 10.2 Å². The topological polar surface area (TPSA) is 91.5 Å². The molecule has 0 unspecified atom stereocenters. The fourth-order valence-electron chi connectivity index (χ4n) is 3.27. The molecular weight excluding hydrogens is 358 g/mol. The SMILES string of the molecule is COc1cccc(Nc2[nH][nH]c3c4cc(OC)c(OCCCO)cc4cc2-3)c1. The van der Waals surface area contributed by atoms with E-state index in [1.54, 1.807) is 14.2 Å². The van der Waals surface area contributed by atoms with Crippen LogP contribution in [0.15, 0.2) is 42.5 Å². The first-order valence-corrected chi connectivity index (χ1v) is 9.09. The molecule has 0 amide bonds. The van der Waals surface area contributed by atoms with Gasteiger partial charge in [0.15, 0.2) is 11.5 Å². The number of H-pyrrole nitrogens is 2. The van der Waals surface area contributed by atoms with E-state index in [0.717, 1.165) is 39.3 Å². The van der Waals surface area contributed by atoms with Gasteiger partial charge in [0, 0.05) is 35.7 Å². The summed E-state index contributed by atoms with van der Waals surface area (Å²) in [6.07, 6.45) is 0.576. The van der Waals surface area contributed by atoms with Crippen molar-refractivity contribution in [2.75, 3.05) is 32.8 Å². The quantitative estimate of drug-likeness (QED) is 0.345. The van der Waals surface area contributed by atoms with Crippen LogP contribution in [0.25, 0.3) is 22.0 Å². The molecule has 0 bridgehead atoms. The van der Waals surface area contributed by atoms with E-state index >= 15 is 0 Å². The van der Waals surface area contributed by atoms with Crippen molar-refractivity contribution in [1.29, 1.82) is 0 Å². The Labute approximate surface area is 162 Å². The van der Waals surface area contributed by atoms with Gasteiger partial charge in [-0.1, -0.05) is 6.07 Å². The first-order chi connectivity index (χ1) is 13.7. The molecule has 0 atom stereocenters. The number of aromatic amines is 2. The Hall–Kier alpha value is -3.32. The number of hydrogen-bond acceptors (Lipinski definition) is 5. The van der Waals surface area contributed by atoms with Crippen LogP contribution in [0.4, 0.5) is 11.5 Å². The Morgan fingerprint density at radius 2 is 1.89 bits per heavy atom. The van der Waals surface area contributed by atoms with Crippen molar-refractivity contribution in [1.82, 2.24) is 10.2 Å². The second kappa shape index (κ2) is 7.74. The van der Waals surface area contributed by atoms with Crippen LogP contribution in [-0.4, -0.2) is 42.7 Å². The highest BCUT2D eigenvalue weighted by Crippen LogP contribution is 2.43. The van der Waals surface area contributed by atoms with Crippen LogP contribution in [0.5, 0.6) is 17.2 Å². The monoisotopic (exact) mass is 381 g/mol. The molecule has 1 aliphatic carbocycles. The molecule has 0 fully saturated rings. The predicted octanol–water partition coefficient (Wildman–Crippen LogP) is 4.12. The fraction of sp³-hybridized carbons (Fsp3) is 0.238. The van der Waals surface area contributed by atoms with Gasteiger partial charge in [0.25, 0.3) is 0 Å². The molecule has 2 aliphatic rings. The number of rotatable bonds is 8. The molecular formula is C21H23N3O4. The number of benzene rings is 2. The van der Waals surface area contributed by atoms with E-state index in [4.69, 9.17) is 19.3 Å². The molecule has 7 nitrogen and oxygen atoms in total. The van der Waals surface area contributed by atoms with Crippen molar-refractivity contribution in [3.63, 3.8) is 0 Å². The molecule has 146 valence electrons. The number of fused-ring (bicyclic) bond motifs is 3. The number of aromatic nitrogens is 2. The Balaban J connectivity index is 1.68. The third-order valence-electron chi connectivity index (χ3n) is 4.66. The zero-order valence-corrected chi connectivity index (χ0v) is 15.8. The molecule has 1 aliphatic heterocycles. The number of ether oxygens (including phenoxy) is 3. The van der Waals surface area contributed by atoms with Crippen LogP contribution in [-0.2, 0) is 0 Å². The highest BCUT2D eigenvalue weighted by atomic mass is 16.5. The Bertz CT molecular complexity index is 1050. The average Bonchev–Trinajstić information content (AvgIpc) is 3.27. The maximum atomic E-state index is 8.96. The molecule has 28 heavy (non-hydrogen) atoms. The Morgan fingerprint density at radius 1 is 1.00 bits per heavy atom. The highest BCUT2D eigenvalue weighted by molar-refractivity contribution is 6.05. The number of aliphatic hydroxyl groups excluding tert-OH is 1. The van der Waals surface area contributed by atoms with Crippen molar-refractivity contribution in [3.8, 4) is 28.5 Å². The molecule has 0 spiro atoms. The van der Waals surface area contributed by atoms with E-state index in [9.17, 15) is 0 Å². The summed E-state index contributed by atoms with van der Waals surface area (Å²) in [5.41, 5.74) is 2.94. The summed E-state index contributed by atoms with van der Waals surface area (Å²) in [5, 5.41) is 20.9. The number of aliphatic hydroxyl groups is 1. The summed E-state index contributed by atoms with van der Waals surface area (Å²) in [5.74, 6) is 2.98. The van der Waals surface area contributed by atoms with Crippen LogP contribution in [0.3, 0.4) is 0 Å². The van der Waals surface area contributed by atoms with Gasteiger partial charge in [0.1, 0.15) is 11.6 Å². The van der Waals surface area contributed by atoms with Gasteiger partial charge in [-0.2, -0.15) is 0 Å². The summed E-state index contributed by atoms with van der Waals surface area (Å²) in [6, 6.07) is 13.8. The second-order valence-electron chi connectivity index (χ2n) is 6.43. The lowest BCUT2D eigenvalue weighted by Crippen LogP contribution is -2.01. The Morgan fingerprint density at radius 3 is 2.68 bits per heavy atom. The van der Waals surface area contributed by atoms with E-state index in [-0.39, 0.29) is 6.61 Å². The van der Waals surface area contributed by atoms with Gasteiger partial charge in [0.2, 0.25) is 0 Å².